The van der Waals surface area contributed by atoms with E-state index < -0.39 is 39.0 Å². The zero-order valence-corrected chi connectivity index (χ0v) is 28.7. The van der Waals surface area contributed by atoms with Gasteiger partial charge < -0.3 is 19.8 Å². The highest BCUT2D eigenvalue weighted by atomic mass is 32.2. The van der Waals surface area contributed by atoms with Gasteiger partial charge in [0.05, 0.1) is 29.2 Å². The standard InChI is InChI=1S/C36H53N3O4S/c1-10-20-37(21-11-2)30(41)27-28-31(42)39(26(23-40)25-16-14-13-15-17-25)29(36(28)19-18-35(27,9)44-36)32(43)38(22-12-3)34(7,8)24-33(4,5)6/h10,12-17,26-29,40H,1,3,11,18-24H2,2,4-9H3/t26-,27-,28+,29?,35+,36?/m1/s1. The molecule has 242 valence electrons. The molecule has 7 nitrogen and oxygen atoms in total. The zero-order valence-electron chi connectivity index (χ0n) is 27.8. The van der Waals surface area contributed by atoms with E-state index in [4.69, 9.17) is 0 Å². The Morgan fingerprint density at radius 3 is 2.27 bits per heavy atom. The number of carbonyl (C=O) groups is 3. The average Bonchev–Trinajstić information content (AvgIpc) is 3.51. The minimum atomic E-state index is -0.833. The van der Waals surface area contributed by atoms with Crippen LogP contribution in [0.1, 0.15) is 85.8 Å². The van der Waals surface area contributed by atoms with Gasteiger partial charge in [-0.1, -0.05) is 70.2 Å². The van der Waals surface area contributed by atoms with Gasteiger partial charge in [-0.25, -0.2) is 0 Å². The largest absolute Gasteiger partial charge is 0.394 e. The average molecular weight is 624 g/mol. The van der Waals surface area contributed by atoms with Gasteiger partial charge in [-0.2, -0.15) is 0 Å². The van der Waals surface area contributed by atoms with Crippen LogP contribution in [0.15, 0.2) is 55.6 Å². The lowest BCUT2D eigenvalue weighted by molar-refractivity contribution is -0.150. The lowest BCUT2D eigenvalue weighted by Crippen LogP contribution is -2.60. The summed E-state index contributed by atoms with van der Waals surface area (Å²) in [6.45, 7) is 23.7. The van der Waals surface area contributed by atoms with Gasteiger partial charge in [0, 0.05) is 29.9 Å². The maximum Gasteiger partial charge on any atom is 0.247 e. The van der Waals surface area contributed by atoms with Crippen molar-refractivity contribution in [1.82, 2.24) is 14.7 Å². The minimum absolute atomic E-state index is 0.0361. The van der Waals surface area contributed by atoms with Crippen LogP contribution in [0.3, 0.4) is 0 Å². The summed E-state index contributed by atoms with van der Waals surface area (Å²) >= 11 is 1.68. The first-order valence-corrected chi connectivity index (χ1v) is 16.9. The molecule has 1 aromatic rings. The summed E-state index contributed by atoms with van der Waals surface area (Å²) in [4.78, 5) is 49.9. The molecule has 3 fully saturated rings. The highest BCUT2D eigenvalue weighted by molar-refractivity contribution is 8.02. The third-order valence-electron chi connectivity index (χ3n) is 9.83. The summed E-state index contributed by atoms with van der Waals surface area (Å²) in [5, 5.41) is 10.9. The van der Waals surface area contributed by atoms with Gasteiger partial charge in [0.25, 0.3) is 0 Å². The lowest BCUT2D eigenvalue weighted by Gasteiger charge is -2.46. The van der Waals surface area contributed by atoms with Gasteiger partial charge in [-0.05, 0) is 57.4 Å². The second kappa shape index (κ2) is 12.7. The highest BCUT2D eigenvalue weighted by Gasteiger charge is 2.78. The molecule has 3 amide bonds. The van der Waals surface area contributed by atoms with E-state index in [1.165, 1.54) is 0 Å². The van der Waals surface area contributed by atoms with Crippen LogP contribution < -0.4 is 0 Å². The molecule has 3 aliphatic rings. The fraction of sp³-hybridized carbons (Fsp3) is 0.639. The van der Waals surface area contributed by atoms with Crippen molar-refractivity contribution in [2.75, 3.05) is 26.2 Å². The number of aliphatic hydroxyl groups excluding tert-OH is 1. The van der Waals surface area contributed by atoms with Crippen molar-refractivity contribution in [3.05, 3.63) is 61.2 Å². The summed E-state index contributed by atoms with van der Waals surface area (Å²) in [5.41, 5.74) is 0.192. The molecule has 2 unspecified atom stereocenters. The number of aliphatic hydroxyl groups is 1. The second-order valence-electron chi connectivity index (χ2n) is 14.9. The molecule has 8 heteroatoms. The van der Waals surface area contributed by atoms with Crippen molar-refractivity contribution in [1.29, 1.82) is 0 Å². The lowest BCUT2D eigenvalue weighted by atomic mass is 9.66. The van der Waals surface area contributed by atoms with Gasteiger partial charge in [0.15, 0.2) is 0 Å². The monoisotopic (exact) mass is 623 g/mol. The van der Waals surface area contributed by atoms with Crippen molar-refractivity contribution in [2.45, 2.75) is 101 Å². The summed E-state index contributed by atoms with van der Waals surface area (Å²) in [6.07, 6.45) is 6.44. The molecule has 0 saturated carbocycles. The van der Waals surface area contributed by atoms with Crippen LogP contribution >= 0.6 is 11.8 Å². The van der Waals surface area contributed by atoms with Crippen LogP contribution in [0.25, 0.3) is 0 Å². The van der Waals surface area contributed by atoms with Gasteiger partial charge >= 0.3 is 0 Å². The Balaban J connectivity index is 1.90. The molecule has 1 spiro atoms. The Bertz CT molecular complexity index is 1260. The third-order valence-corrected chi connectivity index (χ3v) is 11.8. The van der Waals surface area contributed by atoms with Crippen molar-refractivity contribution in [3.63, 3.8) is 0 Å². The van der Waals surface area contributed by atoms with Crippen molar-refractivity contribution >= 4 is 29.5 Å². The van der Waals surface area contributed by atoms with Gasteiger partial charge in [-0.15, -0.1) is 24.9 Å². The number of fused-ring (bicyclic) bond motifs is 1. The van der Waals surface area contributed by atoms with E-state index in [1.807, 2.05) is 47.1 Å². The van der Waals surface area contributed by atoms with E-state index in [0.29, 0.717) is 26.1 Å². The van der Waals surface area contributed by atoms with Crippen LogP contribution in [-0.4, -0.2) is 84.8 Å². The first-order chi connectivity index (χ1) is 20.6. The number of likely N-dealkylation sites (tertiary alicyclic amines) is 1. The summed E-state index contributed by atoms with van der Waals surface area (Å²) in [5.74, 6) is -1.60. The van der Waals surface area contributed by atoms with Crippen molar-refractivity contribution in [3.8, 4) is 0 Å². The third kappa shape index (κ3) is 5.89. The highest BCUT2D eigenvalue weighted by Crippen LogP contribution is 2.72. The molecular formula is C36H53N3O4S. The molecule has 3 heterocycles. The Kier molecular flexibility index (Phi) is 9.87. The fourth-order valence-corrected chi connectivity index (χ4v) is 10.9. The Morgan fingerprint density at radius 1 is 1.09 bits per heavy atom. The normalized spacial score (nSPS) is 28.5. The van der Waals surface area contributed by atoms with Crippen LogP contribution in [0, 0.1) is 17.3 Å². The Morgan fingerprint density at radius 2 is 1.73 bits per heavy atom. The molecule has 0 radical (unpaired) electrons. The molecule has 3 saturated heterocycles. The Labute approximate surface area is 269 Å². The Hall–Kier alpha value is -2.58. The van der Waals surface area contributed by atoms with Gasteiger partial charge in [0.1, 0.15) is 6.04 Å². The number of hydrogen-bond donors (Lipinski definition) is 1. The smallest absolute Gasteiger partial charge is 0.247 e. The summed E-state index contributed by atoms with van der Waals surface area (Å²) in [7, 11) is 0. The molecule has 2 bridgehead atoms. The molecule has 0 aromatic heterocycles. The number of carbonyl (C=O) groups excluding carboxylic acids is 3. The van der Waals surface area contributed by atoms with Crippen LogP contribution in [0.2, 0.25) is 0 Å². The van der Waals surface area contributed by atoms with E-state index >= 15 is 4.79 Å². The minimum Gasteiger partial charge on any atom is -0.394 e. The molecule has 4 rings (SSSR count). The molecular weight excluding hydrogens is 570 g/mol. The first-order valence-electron chi connectivity index (χ1n) is 16.1. The molecule has 44 heavy (non-hydrogen) atoms. The van der Waals surface area contributed by atoms with Crippen molar-refractivity contribution < 1.29 is 19.5 Å². The maximum atomic E-state index is 15.2. The predicted octanol–water partition coefficient (Wildman–Crippen LogP) is 5.86. The fourth-order valence-electron chi connectivity index (χ4n) is 8.60. The van der Waals surface area contributed by atoms with Gasteiger partial charge in [-0.3, -0.25) is 14.4 Å². The quantitative estimate of drug-likeness (QED) is 0.279. The predicted molar refractivity (Wildman–Crippen MR) is 179 cm³/mol. The SMILES string of the molecule is C=CCN(CCC)C(=O)[C@H]1[C@H]2C(=O)N([C@H](CO)c3ccccc3)C(C(=O)N(CC=C)C(C)(C)CC(C)(C)C)C23CC[C@]1(C)S3. The van der Waals surface area contributed by atoms with Gasteiger partial charge in [0.2, 0.25) is 17.7 Å². The number of thioether (sulfide) groups is 1. The summed E-state index contributed by atoms with van der Waals surface area (Å²) in [6, 6.07) is 7.92. The molecule has 0 aliphatic carbocycles. The van der Waals surface area contributed by atoms with E-state index in [2.05, 4.69) is 54.7 Å². The van der Waals surface area contributed by atoms with Crippen LogP contribution in [-0.2, 0) is 14.4 Å². The number of benzene rings is 1. The van der Waals surface area contributed by atoms with Crippen LogP contribution in [0.5, 0.6) is 0 Å². The van der Waals surface area contributed by atoms with Crippen LogP contribution in [0.4, 0.5) is 0 Å². The molecule has 6 atom stereocenters. The number of rotatable bonds is 13. The van der Waals surface area contributed by atoms with E-state index in [0.717, 1.165) is 24.8 Å². The zero-order chi connectivity index (χ0) is 32.7. The first kappa shape index (κ1) is 34.3. The second-order valence-corrected chi connectivity index (χ2v) is 16.8. The number of amides is 3. The molecule has 3 aliphatic heterocycles. The number of hydrogen-bond acceptors (Lipinski definition) is 5. The molecule has 1 aromatic carbocycles. The number of nitrogens with zero attached hydrogens (tertiary/aromatic N) is 3. The topological polar surface area (TPSA) is 81.2 Å². The maximum absolute atomic E-state index is 15.2. The van der Waals surface area contributed by atoms with Crippen molar-refractivity contribution in [2.24, 2.45) is 17.3 Å². The van der Waals surface area contributed by atoms with E-state index in [9.17, 15) is 14.7 Å². The van der Waals surface area contributed by atoms with E-state index in [-0.39, 0.29) is 29.7 Å². The summed E-state index contributed by atoms with van der Waals surface area (Å²) < 4.78 is -1.25. The molecule has 1 N–H and O–H groups in total. The van der Waals surface area contributed by atoms with E-state index in [1.54, 1.807) is 28.8 Å².